The van der Waals surface area contributed by atoms with Gasteiger partial charge in [0.2, 0.25) is 5.91 Å². The molecule has 0 saturated carbocycles. The lowest BCUT2D eigenvalue weighted by Crippen LogP contribution is -2.29. The molecule has 1 aliphatic heterocycles. The second-order valence-electron chi connectivity index (χ2n) is 7.70. The summed E-state index contributed by atoms with van der Waals surface area (Å²) < 4.78 is 1.93. The Bertz CT molecular complexity index is 1010. The molecular weight excluding hydrogens is 394 g/mol. The zero-order valence-electron chi connectivity index (χ0n) is 17.5. The third kappa shape index (κ3) is 4.84. The van der Waals surface area contributed by atoms with Gasteiger partial charge in [-0.25, -0.2) is 0 Å². The summed E-state index contributed by atoms with van der Waals surface area (Å²) in [6, 6.07) is 14.4. The number of aromatic nitrogens is 3. The predicted molar refractivity (Wildman–Crippen MR) is 123 cm³/mol. The Morgan fingerprint density at radius 1 is 1.07 bits per heavy atom. The van der Waals surface area contributed by atoms with E-state index < -0.39 is 0 Å². The fourth-order valence-corrected chi connectivity index (χ4v) is 4.52. The summed E-state index contributed by atoms with van der Waals surface area (Å²) in [5, 5.41) is 11.9. The molecule has 6 nitrogen and oxygen atoms in total. The quantitative estimate of drug-likeness (QED) is 0.589. The molecule has 30 heavy (non-hydrogen) atoms. The van der Waals surface area contributed by atoms with Crippen LogP contribution in [0.2, 0.25) is 0 Å². The molecule has 1 fully saturated rings. The molecule has 0 aliphatic carbocycles. The van der Waals surface area contributed by atoms with Crippen molar-refractivity contribution in [1.82, 2.24) is 14.8 Å². The zero-order valence-corrected chi connectivity index (χ0v) is 18.3. The molecule has 0 bridgehead atoms. The van der Waals surface area contributed by atoms with E-state index in [2.05, 4.69) is 64.6 Å². The topological polar surface area (TPSA) is 63.1 Å². The van der Waals surface area contributed by atoms with E-state index in [1.807, 2.05) is 16.7 Å². The van der Waals surface area contributed by atoms with Crippen LogP contribution in [0.3, 0.4) is 0 Å². The van der Waals surface area contributed by atoms with E-state index in [0.29, 0.717) is 5.16 Å². The Hall–Kier alpha value is -2.80. The first-order valence-electron chi connectivity index (χ1n) is 10.4. The van der Waals surface area contributed by atoms with Crippen LogP contribution in [-0.4, -0.2) is 39.5 Å². The van der Waals surface area contributed by atoms with Crippen molar-refractivity contribution in [3.63, 3.8) is 0 Å². The number of piperidine rings is 1. The second-order valence-corrected chi connectivity index (χ2v) is 8.65. The van der Waals surface area contributed by atoms with Crippen LogP contribution in [0, 0.1) is 13.8 Å². The van der Waals surface area contributed by atoms with Crippen molar-refractivity contribution in [3.8, 4) is 5.69 Å². The van der Waals surface area contributed by atoms with Crippen molar-refractivity contribution in [2.24, 2.45) is 0 Å². The molecule has 0 spiro atoms. The fourth-order valence-electron chi connectivity index (χ4n) is 3.80. The van der Waals surface area contributed by atoms with Crippen LogP contribution in [-0.2, 0) is 4.79 Å². The van der Waals surface area contributed by atoms with Gasteiger partial charge in [-0.3, -0.25) is 9.36 Å². The lowest BCUT2D eigenvalue weighted by molar-refractivity contribution is -0.113. The average Bonchev–Trinajstić information content (AvgIpc) is 3.22. The number of amides is 1. The monoisotopic (exact) mass is 421 g/mol. The highest BCUT2D eigenvalue weighted by Gasteiger charge is 2.13. The highest BCUT2D eigenvalue weighted by Crippen LogP contribution is 2.24. The Kier molecular flexibility index (Phi) is 6.38. The van der Waals surface area contributed by atoms with Crippen molar-refractivity contribution >= 4 is 29.0 Å². The van der Waals surface area contributed by atoms with Gasteiger partial charge in [0.25, 0.3) is 0 Å². The lowest BCUT2D eigenvalue weighted by atomic mass is 10.1. The maximum atomic E-state index is 12.5. The van der Waals surface area contributed by atoms with Gasteiger partial charge < -0.3 is 10.2 Å². The Morgan fingerprint density at radius 2 is 1.83 bits per heavy atom. The van der Waals surface area contributed by atoms with Gasteiger partial charge in [0.05, 0.1) is 11.4 Å². The first-order valence-corrected chi connectivity index (χ1v) is 11.3. The number of benzene rings is 2. The molecule has 1 aromatic heterocycles. The number of rotatable bonds is 6. The smallest absolute Gasteiger partial charge is 0.234 e. The molecule has 1 amide bonds. The fraction of sp³-hybridized carbons (Fsp3) is 0.348. The minimum atomic E-state index is -0.0547. The molecule has 2 heterocycles. The minimum absolute atomic E-state index is 0.0547. The minimum Gasteiger partial charge on any atom is -0.372 e. The number of nitrogens with one attached hydrogen (secondary N) is 1. The van der Waals surface area contributed by atoms with Gasteiger partial charge in [0.1, 0.15) is 6.33 Å². The molecule has 0 radical (unpaired) electrons. The van der Waals surface area contributed by atoms with Crippen molar-refractivity contribution in [3.05, 3.63) is 59.9 Å². The lowest BCUT2D eigenvalue weighted by Gasteiger charge is -2.28. The van der Waals surface area contributed by atoms with Gasteiger partial charge in [-0.15, -0.1) is 10.2 Å². The molecule has 1 aliphatic rings. The number of hydrogen-bond donors (Lipinski definition) is 1. The summed E-state index contributed by atoms with van der Waals surface area (Å²) in [7, 11) is 0. The number of carbonyl (C=O) groups excluding carboxylic acids is 1. The van der Waals surface area contributed by atoms with Gasteiger partial charge in [-0.05, 0) is 69.0 Å². The molecule has 1 saturated heterocycles. The van der Waals surface area contributed by atoms with E-state index in [9.17, 15) is 4.79 Å². The van der Waals surface area contributed by atoms with Crippen LogP contribution in [0.25, 0.3) is 5.69 Å². The largest absolute Gasteiger partial charge is 0.372 e. The van der Waals surface area contributed by atoms with E-state index in [-0.39, 0.29) is 11.7 Å². The van der Waals surface area contributed by atoms with Crippen molar-refractivity contribution < 1.29 is 4.79 Å². The Labute approximate surface area is 181 Å². The first-order chi connectivity index (χ1) is 14.6. The van der Waals surface area contributed by atoms with Gasteiger partial charge in [0, 0.05) is 24.5 Å². The van der Waals surface area contributed by atoms with Crippen LogP contribution in [0.1, 0.15) is 30.4 Å². The number of thioether (sulfide) groups is 1. The molecule has 3 aromatic rings. The van der Waals surface area contributed by atoms with Crippen molar-refractivity contribution in [2.45, 2.75) is 38.3 Å². The highest BCUT2D eigenvalue weighted by molar-refractivity contribution is 7.99. The predicted octanol–water partition coefficient (Wildman–Crippen LogP) is 4.61. The van der Waals surface area contributed by atoms with Crippen LogP contribution < -0.4 is 10.2 Å². The summed E-state index contributed by atoms with van der Waals surface area (Å²) in [6.07, 6.45) is 5.52. The Morgan fingerprint density at radius 3 is 2.57 bits per heavy atom. The van der Waals surface area contributed by atoms with E-state index in [4.69, 9.17) is 0 Å². The molecule has 0 atom stereocenters. The molecule has 7 heteroatoms. The van der Waals surface area contributed by atoms with Gasteiger partial charge >= 0.3 is 0 Å². The van der Waals surface area contributed by atoms with Gasteiger partial charge in [0.15, 0.2) is 5.16 Å². The van der Waals surface area contributed by atoms with E-state index in [1.165, 1.54) is 42.3 Å². The van der Waals surface area contributed by atoms with Gasteiger partial charge in [-0.2, -0.15) is 0 Å². The van der Waals surface area contributed by atoms with Crippen molar-refractivity contribution in [2.75, 3.05) is 29.1 Å². The number of aryl methyl sites for hydroxylation is 2. The number of carbonyl (C=O) groups is 1. The summed E-state index contributed by atoms with van der Waals surface area (Å²) >= 11 is 1.38. The number of anilines is 2. The molecule has 2 aromatic carbocycles. The van der Waals surface area contributed by atoms with E-state index in [1.54, 1.807) is 6.33 Å². The molecule has 1 N–H and O–H groups in total. The van der Waals surface area contributed by atoms with Crippen molar-refractivity contribution in [1.29, 1.82) is 0 Å². The maximum Gasteiger partial charge on any atom is 0.234 e. The third-order valence-corrected chi connectivity index (χ3v) is 6.28. The number of hydrogen-bond acceptors (Lipinski definition) is 5. The van der Waals surface area contributed by atoms with E-state index >= 15 is 0 Å². The number of nitrogens with zero attached hydrogens (tertiary/aromatic N) is 4. The highest BCUT2D eigenvalue weighted by atomic mass is 32.2. The van der Waals surface area contributed by atoms with Crippen LogP contribution in [0.15, 0.2) is 53.9 Å². The maximum absolute atomic E-state index is 12.5. The van der Waals surface area contributed by atoms with Crippen LogP contribution in [0.4, 0.5) is 11.4 Å². The normalized spacial score (nSPS) is 14.0. The van der Waals surface area contributed by atoms with Gasteiger partial charge in [-0.1, -0.05) is 29.5 Å². The molecular formula is C23H27N5OS. The van der Waals surface area contributed by atoms with Crippen LogP contribution >= 0.6 is 11.8 Å². The summed E-state index contributed by atoms with van der Waals surface area (Å²) in [5.41, 5.74) is 5.43. The Balaban J connectivity index is 1.35. The standard InChI is InChI=1S/C23H27N5OS/c1-17-6-11-21(18(2)14-17)28-16-24-26-23(28)30-15-22(29)25-19-7-9-20(10-8-19)27-12-4-3-5-13-27/h6-11,14,16H,3-5,12-13,15H2,1-2H3,(H,25,29). The molecule has 156 valence electrons. The van der Waals surface area contributed by atoms with E-state index in [0.717, 1.165) is 30.0 Å². The summed E-state index contributed by atoms with van der Waals surface area (Å²) in [6.45, 7) is 6.37. The zero-order chi connectivity index (χ0) is 20.9. The van der Waals surface area contributed by atoms with Crippen LogP contribution in [0.5, 0.6) is 0 Å². The first kappa shape index (κ1) is 20.5. The molecule has 0 unspecified atom stereocenters. The average molecular weight is 422 g/mol. The summed E-state index contributed by atoms with van der Waals surface area (Å²) in [5.74, 6) is 0.221. The third-order valence-electron chi connectivity index (χ3n) is 5.33. The molecule has 4 rings (SSSR count). The summed E-state index contributed by atoms with van der Waals surface area (Å²) in [4.78, 5) is 14.9. The second kappa shape index (κ2) is 9.34. The SMILES string of the molecule is Cc1ccc(-n2cnnc2SCC(=O)Nc2ccc(N3CCCCC3)cc2)c(C)c1.